The van der Waals surface area contributed by atoms with E-state index in [4.69, 9.17) is 0 Å². The van der Waals surface area contributed by atoms with Crippen molar-refractivity contribution in [1.29, 1.82) is 0 Å². The van der Waals surface area contributed by atoms with Gasteiger partial charge >= 0.3 is 0 Å². The van der Waals surface area contributed by atoms with Crippen LogP contribution in [-0.4, -0.2) is 28.8 Å². The molecule has 1 aromatic rings. The maximum Gasteiger partial charge on any atom is 0.242 e. The fourth-order valence-corrected chi connectivity index (χ4v) is 3.40. The highest BCUT2D eigenvalue weighted by atomic mass is 16.2. The van der Waals surface area contributed by atoms with Crippen LogP contribution in [0.2, 0.25) is 0 Å². The van der Waals surface area contributed by atoms with Crippen LogP contribution in [0.4, 0.5) is 0 Å². The van der Waals surface area contributed by atoms with Gasteiger partial charge in [0.2, 0.25) is 11.8 Å². The molecule has 1 atom stereocenters. The standard InChI is InChI=1S/C21H32N2O2/c1-4-8-20(24)23(15-18-13-11-16(2)12-14-18)17(3)21(25)22-19-9-6-5-7-10-19/h11-14,17,19H,4-10,15H2,1-3H3,(H,22,25). The molecule has 0 aromatic heterocycles. The molecule has 0 heterocycles. The minimum atomic E-state index is -0.442. The summed E-state index contributed by atoms with van der Waals surface area (Å²) in [6, 6.07) is 7.99. The van der Waals surface area contributed by atoms with Gasteiger partial charge in [0.25, 0.3) is 0 Å². The quantitative estimate of drug-likeness (QED) is 0.814. The number of carbonyl (C=O) groups excluding carboxylic acids is 2. The van der Waals surface area contributed by atoms with Gasteiger partial charge in [-0.05, 0) is 38.7 Å². The van der Waals surface area contributed by atoms with Crippen LogP contribution in [0.25, 0.3) is 0 Å². The maximum atomic E-state index is 12.7. The number of carbonyl (C=O) groups is 2. The van der Waals surface area contributed by atoms with E-state index in [0.29, 0.717) is 13.0 Å². The van der Waals surface area contributed by atoms with Crippen LogP contribution in [0.1, 0.15) is 69.9 Å². The van der Waals surface area contributed by atoms with Gasteiger partial charge in [0, 0.05) is 19.0 Å². The van der Waals surface area contributed by atoms with Crippen molar-refractivity contribution in [2.45, 2.75) is 84.3 Å². The lowest BCUT2D eigenvalue weighted by Gasteiger charge is -2.31. The smallest absolute Gasteiger partial charge is 0.242 e. The van der Waals surface area contributed by atoms with Gasteiger partial charge in [-0.3, -0.25) is 9.59 Å². The third-order valence-corrected chi connectivity index (χ3v) is 5.06. The molecule has 1 aliphatic rings. The molecule has 2 amide bonds. The van der Waals surface area contributed by atoms with E-state index < -0.39 is 6.04 Å². The number of nitrogens with zero attached hydrogens (tertiary/aromatic N) is 1. The molecule has 0 spiro atoms. The number of hydrogen-bond donors (Lipinski definition) is 1. The Hall–Kier alpha value is -1.84. The van der Waals surface area contributed by atoms with Crippen molar-refractivity contribution in [2.24, 2.45) is 0 Å². The van der Waals surface area contributed by atoms with Gasteiger partial charge in [0.15, 0.2) is 0 Å². The van der Waals surface area contributed by atoms with Gasteiger partial charge < -0.3 is 10.2 Å². The molecule has 138 valence electrons. The molecule has 1 aliphatic carbocycles. The molecule has 2 rings (SSSR count). The second-order valence-corrected chi connectivity index (χ2v) is 7.28. The van der Waals surface area contributed by atoms with Crippen molar-refractivity contribution in [3.8, 4) is 0 Å². The molecule has 1 saturated carbocycles. The van der Waals surface area contributed by atoms with Gasteiger partial charge in [-0.15, -0.1) is 0 Å². The van der Waals surface area contributed by atoms with Crippen molar-refractivity contribution in [3.63, 3.8) is 0 Å². The number of aryl methyl sites for hydroxylation is 1. The van der Waals surface area contributed by atoms with E-state index in [1.54, 1.807) is 4.90 Å². The Morgan fingerprint density at radius 2 is 1.80 bits per heavy atom. The second kappa shape index (κ2) is 9.59. The van der Waals surface area contributed by atoms with Crippen LogP contribution in [0.3, 0.4) is 0 Å². The first kappa shape index (κ1) is 19.5. The fourth-order valence-electron chi connectivity index (χ4n) is 3.40. The molecule has 4 heteroatoms. The lowest BCUT2D eigenvalue weighted by atomic mass is 9.95. The summed E-state index contributed by atoms with van der Waals surface area (Å²) in [5.74, 6) is 0.0258. The molecule has 4 nitrogen and oxygen atoms in total. The van der Waals surface area contributed by atoms with Gasteiger partial charge in [0.1, 0.15) is 6.04 Å². The van der Waals surface area contributed by atoms with Crippen LogP contribution >= 0.6 is 0 Å². The lowest BCUT2D eigenvalue weighted by Crippen LogP contribution is -2.50. The molecule has 0 radical (unpaired) electrons. The minimum absolute atomic E-state index is 0.0246. The Morgan fingerprint density at radius 3 is 2.40 bits per heavy atom. The van der Waals surface area contributed by atoms with E-state index in [1.165, 1.54) is 24.8 Å². The molecule has 1 aromatic carbocycles. The van der Waals surface area contributed by atoms with Crippen LogP contribution in [-0.2, 0) is 16.1 Å². The van der Waals surface area contributed by atoms with E-state index in [0.717, 1.165) is 24.8 Å². The van der Waals surface area contributed by atoms with Gasteiger partial charge in [-0.1, -0.05) is 56.0 Å². The van der Waals surface area contributed by atoms with E-state index in [9.17, 15) is 9.59 Å². The predicted molar refractivity (Wildman–Crippen MR) is 101 cm³/mol. The first-order chi connectivity index (χ1) is 12.0. The zero-order valence-corrected chi connectivity index (χ0v) is 15.9. The van der Waals surface area contributed by atoms with Crippen molar-refractivity contribution in [2.75, 3.05) is 0 Å². The summed E-state index contributed by atoms with van der Waals surface area (Å²) < 4.78 is 0. The van der Waals surface area contributed by atoms with E-state index in [2.05, 4.69) is 5.32 Å². The SMILES string of the molecule is CCCC(=O)N(Cc1ccc(C)cc1)C(C)C(=O)NC1CCCCC1. The third-order valence-electron chi connectivity index (χ3n) is 5.06. The van der Waals surface area contributed by atoms with Crippen molar-refractivity contribution in [3.05, 3.63) is 35.4 Å². The number of nitrogens with one attached hydrogen (secondary N) is 1. The molecule has 0 aliphatic heterocycles. The fraction of sp³-hybridized carbons (Fsp3) is 0.619. The second-order valence-electron chi connectivity index (χ2n) is 7.28. The van der Waals surface area contributed by atoms with E-state index in [-0.39, 0.29) is 17.9 Å². The summed E-state index contributed by atoms with van der Waals surface area (Å²) in [6.45, 7) is 6.37. The number of benzene rings is 1. The molecule has 1 fully saturated rings. The monoisotopic (exact) mass is 344 g/mol. The average molecular weight is 344 g/mol. The average Bonchev–Trinajstić information content (AvgIpc) is 2.61. The van der Waals surface area contributed by atoms with Crippen molar-refractivity contribution < 1.29 is 9.59 Å². The molecule has 0 saturated heterocycles. The summed E-state index contributed by atoms with van der Waals surface area (Å²) in [5, 5.41) is 3.16. The minimum Gasteiger partial charge on any atom is -0.352 e. The highest BCUT2D eigenvalue weighted by molar-refractivity contribution is 5.87. The molecular formula is C21H32N2O2. The Labute approximate surface area is 152 Å². The Bertz CT molecular complexity index is 562. The Kier molecular flexibility index (Phi) is 7.48. The highest BCUT2D eigenvalue weighted by Gasteiger charge is 2.27. The van der Waals surface area contributed by atoms with Crippen molar-refractivity contribution >= 4 is 11.8 Å². The zero-order valence-electron chi connectivity index (χ0n) is 15.9. The van der Waals surface area contributed by atoms with Crippen LogP contribution in [0, 0.1) is 6.92 Å². The molecular weight excluding hydrogens is 312 g/mol. The first-order valence-corrected chi connectivity index (χ1v) is 9.66. The number of hydrogen-bond acceptors (Lipinski definition) is 2. The van der Waals surface area contributed by atoms with E-state index in [1.807, 2.05) is 45.0 Å². The van der Waals surface area contributed by atoms with Gasteiger partial charge in [-0.2, -0.15) is 0 Å². The Morgan fingerprint density at radius 1 is 1.16 bits per heavy atom. The Balaban J connectivity index is 2.05. The molecule has 1 N–H and O–H groups in total. The summed E-state index contributed by atoms with van der Waals surface area (Å²) >= 11 is 0. The summed E-state index contributed by atoms with van der Waals surface area (Å²) in [5.41, 5.74) is 2.26. The predicted octanol–water partition coefficient (Wildman–Crippen LogP) is 3.96. The third kappa shape index (κ3) is 5.87. The van der Waals surface area contributed by atoms with Crippen molar-refractivity contribution in [1.82, 2.24) is 10.2 Å². The maximum absolute atomic E-state index is 12.7. The number of rotatable bonds is 7. The molecule has 25 heavy (non-hydrogen) atoms. The molecule has 1 unspecified atom stereocenters. The molecule has 0 bridgehead atoms. The number of amides is 2. The van der Waals surface area contributed by atoms with Crippen LogP contribution < -0.4 is 5.32 Å². The highest BCUT2D eigenvalue weighted by Crippen LogP contribution is 2.18. The van der Waals surface area contributed by atoms with Crippen LogP contribution in [0.5, 0.6) is 0 Å². The lowest BCUT2D eigenvalue weighted by molar-refractivity contribution is -0.141. The van der Waals surface area contributed by atoms with E-state index >= 15 is 0 Å². The zero-order chi connectivity index (χ0) is 18.2. The largest absolute Gasteiger partial charge is 0.352 e. The van der Waals surface area contributed by atoms with Gasteiger partial charge in [0.05, 0.1) is 0 Å². The summed E-state index contributed by atoms with van der Waals surface area (Å²) in [6.07, 6.45) is 7.00. The normalized spacial score (nSPS) is 16.3. The van der Waals surface area contributed by atoms with Gasteiger partial charge in [-0.25, -0.2) is 0 Å². The summed E-state index contributed by atoms with van der Waals surface area (Å²) in [7, 11) is 0. The first-order valence-electron chi connectivity index (χ1n) is 9.66. The topological polar surface area (TPSA) is 49.4 Å². The van der Waals surface area contributed by atoms with Crippen LogP contribution in [0.15, 0.2) is 24.3 Å². The summed E-state index contributed by atoms with van der Waals surface area (Å²) in [4.78, 5) is 27.0.